The number of halogens is 3. The Kier molecular flexibility index (Phi) is 6.98. The zero-order chi connectivity index (χ0) is 19.3. The predicted molar refractivity (Wildman–Crippen MR) is 85.0 cm³/mol. The first-order chi connectivity index (χ1) is 11.5. The van der Waals surface area contributed by atoms with Crippen molar-refractivity contribution in [3.63, 3.8) is 0 Å². The van der Waals surface area contributed by atoms with Crippen LogP contribution in [0.3, 0.4) is 0 Å². The van der Waals surface area contributed by atoms with Crippen LogP contribution in [0.25, 0.3) is 0 Å². The van der Waals surface area contributed by atoms with Gasteiger partial charge in [0.25, 0.3) is 0 Å². The molecule has 0 aliphatic heterocycles. The lowest BCUT2D eigenvalue weighted by Gasteiger charge is -2.30. The Bertz CT molecular complexity index is 601. The highest BCUT2D eigenvalue weighted by atomic mass is 19.4. The summed E-state index contributed by atoms with van der Waals surface area (Å²) in [7, 11) is 1.40. The van der Waals surface area contributed by atoms with E-state index in [0.717, 1.165) is 12.1 Å². The second kappa shape index (κ2) is 8.33. The Morgan fingerprint density at radius 1 is 1.24 bits per heavy atom. The Labute approximate surface area is 144 Å². The van der Waals surface area contributed by atoms with Crippen LogP contribution in [-0.2, 0) is 26.9 Å². The smallest absolute Gasteiger partial charge is 0.416 e. The second-order valence-corrected chi connectivity index (χ2v) is 6.35. The van der Waals surface area contributed by atoms with E-state index in [9.17, 15) is 22.8 Å². The summed E-state index contributed by atoms with van der Waals surface area (Å²) in [6, 6.07) is 4.61. The normalized spacial score (nSPS) is 15.3. The first kappa shape index (κ1) is 21.0. The molecule has 1 aromatic rings. The molecule has 0 bridgehead atoms. The highest BCUT2D eigenvalue weighted by Crippen LogP contribution is 2.29. The lowest BCUT2D eigenvalue weighted by Crippen LogP contribution is -2.52. The van der Waals surface area contributed by atoms with E-state index in [-0.39, 0.29) is 25.4 Å². The van der Waals surface area contributed by atoms with Crippen LogP contribution in [0.1, 0.15) is 31.4 Å². The predicted octanol–water partition coefficient (Wildman–Crippen LogP) is 2.88. The summed E-state index contributed by atoms with van der Waals surface area (Å²) < 4.78 is 42.6. The van der Waals surface area contributed by atoms with E-state index in [4.69, 9.17) is 9.84 Å². The molecule has 2 N–H and O–H groups in total. The number of aliphatic carboxylic acids is 1. The number of benzene rings is 1. The van der Waals surface area contributed by atoms with Crippen molar-refractivity contribution >= 4 is 11.9 Å². The summed E-state index contributed by atoms with van der Waals surface area (Å²) in [5.74, 6) is -2.00. The van der Waals surface area contributed by atoms with E-state index in [0.29, 0.717) is 5.56 Å². The molecule has 1 rings (SSSR count). The van der Waals surface area contributed by atoms with Gasteiger partial charge in [-0.25, -0.2) is 0 Å². The van der Waals surface area contributed by atoms with Crippen molar-refractivity contribution in [2.45, 2.75) is 38.4 Å². The van der Waals surface area contributed by atoms with Gasteiger partial charge in [-0.2, -0.15) is 13.2 Å². The maximum Gasteiger partial charge on any atom is 0.416 e. The number of hydrogen-bond donors (Lipinski definition) is 2. The van der Waals surface area contributed by atoms with Gasteiger partial charge in [0.2, 0.25) is 5.91 Å². The van der Waals surface area contributed by atoms with Gasteiger partial charge in [0.1, 0.15) is 0 Å². The summed E-state index contributed by atoms with van der Waals surface area (Å²) >= 11 is 0. The van der Waals surface area contributed by atoms with Crippen molar-refractivity contribution in [3.8, 4) is 0 Å². The van der Waals surface area contributed by atoms with E-state index in [1.807, 2.05) is 0 Å². The van der Waals surface area contributed by atoms with Gasteiger partial charge in [-0.15, -0.1) is 0 Å². The topological polar surface area (TPSA) is 75.6 Å². The van der Waals surface area contributed by atoms with Gasteiger partial charge in [0, 0.05) is 13.0 Å². The molecule has 2 unspecified atom stereocenters. The fraction of sp³-hybridized carbons (Fsp3) is 0.529. The van der Waals surface area contributed by atoms with Crippen LogP contribution in [0, 0.1) is 5.92 Å². The van der Waals surface area contributed by atoms with E-state index < -0.39 is 29.2 Å². The number of rotatable bonds is 8. The molecule has 1 aromatic carbocycles. The number of amides is 1. The minimum absolute atomic E-state index is 0.0258. The maximum absolute atomic E-state index is 12.5. The third-order valence-corrected chi connectivity index (χ3v) is 3.70. The van der Waals surface area contributed by atoms with Gasteiger partial charge >= 0.3 is 12.1 Å². The van der Waals surface area contributed by atoms with E-state index in [1.165, 1.54) is 19.2 Å². The van der Waals surface area contributed by atoms with Crippen molar-refractivity contribution < 1.29 is 32.6 Å². The molecule has 0 saturated carbocycles. The van der Waals surface area contributed by atoms with Crippen LogP contribution in [-0.4, -0.2) is 36.2 Å². The van der Waals surface area contributed by atoms with Crippen LogP contribution in [0.2, 0.25) is 0 Å². The van der Waals surface area contributed by atoms with Crippen molar-refractivity contribution in [1.29, 1.82) is 0 Å². The number of hydrogen-bond acceptors (Lipinski definition) is 3. The van der Waals surface area contributed by atoms with E-state index >= 15 is 0 Å². The lowest BCUT2D eigenvalue weighted by atomic mass is 9.95. The van der Waals surface area contributed by atoms with Crippen LogP contribution < -0.4 is 5.32 Å². The molecule has 0 spiro atoms. The molecule has 0 aromatic heterocycles. The largest absolute Gasteiger partial charge is 0.481 e. The zero-order valence-electron chi connectivity index (χ0n) is 14.3. The Hall–Kier alpha value is -2.09. The summed E-state index contributed by atoms with van der Waals surface area (Å²) in [6.45, 7) is 3.21. The summed E-state index contributed by atoms with van der Waals surface area (Å²) in [5, 5.41) is 11.6. The molecule has 0 saturated heterocycles. The number of ether oxygens (including phenoxy) is 1. The van der Waals surface area contributed by atoms with Crippen molar-refractivity contribution in [2.75, 3.05) is 13.7 Å². The molecule has 0 fully saturated rings. The molecule has 8 heteroatoms. The SMILES string of the molecule is COCC(C)(CC(=O)O)NC(=O)C(C)Cc1ccc(C(F)(F)F)cc1. The standard InChI is InChI=1S/C17H22F3NO4/c1-11(8-12-4-6-13(7-5-12)17(18,19)20)15(24)21-16(2,10-25-3)9-14(22)23/h4-7,11H,8-10H2,1-3H3,(H,21,24)(H,22,23). The molecule has 0 aliphatic carbocycles. The third kappa shape index (κ3) is 6.74. The Morgan fingerprint density at radius 2 is 1.80 bits per heavy atom. The number of alkyl halides is 3. The van der Waals surface area contributed by atoms with Crippen LogP contribution >= 0.6 is 0 Å². The number of methoxy groups -OCH3 is 1. The summed E-state index contributed by atoms with van der Waals surface area (Å²) in [4.78, 5) is 23.3. The molecule has 0 radical (unpaired) electrons. The number of carbonyl (C=O) groups is 2. The molecule has 0 heterocycles. The van der Waals surface area contributed by atoms with Gasteiger partial charge in [0.15, 0.2) is 0 Å². The van der Waals surface area contributed by atoms with Gasteiger partial charge in [-0.3, -0.25) is 9.59 Å². The molecule has 0 aliphatic rings. The molecular weight excluding hydrogens is 339 g/mol. The highest BCUT2D eigenvalue weighted by Gasteiger charge is 2.32. The first-order valence-corrected chi connectivity index (χ1v) is 7.66. The van der Waals surface area contributed by atoms with Gasteiger partial charge in [0.05, 0.1) is 24.1 Å². The number of carboxylic acid groups (broad SMARTS) is 1. The second-order valence-electron chi connectivity index (χ2n) is 6.35. The highest BCUT2D eigenvalue weighted by molar-refractivity contribution is 5.80. The van der Waals surface area contributed by atoms with E-state index in [2.05, 4.69) is 5.32 Å². The molecular formula is C17H22F3NO4. The maximum atomic E-state index is 12.5. The molecule has 5 nitrogen and oxygen atoms in total. The molecule has 140 valence electrons. The van der Waals surface area contributed by atoms with Gasteiger partial charge < -0.3 is 15.2 Å². The van der Waals surface area contributed by atoms with E-state index in [1.54, 1.807) is 13.8 Å². The Morgan fingerprint density at radius 3 is 2.24 bits per heavy atom. The van der Waals surface area contributed by atoms with Crippen LogP contribution in [0.15, 0.2) is 24.3 Å². The average Bonchev–Trinajstić information content (AvgIpc) is 2.45. The lowest BCUT2D eigenvalue weighted by molar-refractivity contribution is -0.140. The number of carboxylic acids is 1. The summed E-state index contributed by atoms with van der Waals surface area (Å²) in [5.41, 5.74) is -1.23. The summed E-state index contributed by atoms with van der Waals surface area (Å²) in [6.07, 6.45) is -4.47. The molecule has 2 atom stereocenters. The Balaban J connectivity index is 2.74. The molecule has 1 amide bonds. The number of carbonyl (C=O) groups excluding carboxylic acids is 1. The quantitative estimate of drug-likeness (QED) is 0.747. The third-order valence-electron chi connectivity index (χ3n) is 3.70. The van der Waals surface area contributed by atoms with Crippen molar-refractivity contribution in [1.82, 2.24) is 5.32 Å². The van der Waals surface area contributed by atoms with Gasteiger partial charge in [-0.1, -0.05) is 19.1 Å². The first-order valence-electron chi connectivity index (χ1n) is 7.66. The van der Waals surface area contributed by atoms with Gasteiger partial charge in [-0.05, 0) is 31.0 Å². The molecule has 25 heavy (non-hydrogen) atoms. The van der Waals surface area contributed by atoms with Crippen LogP contribution in [0.5, 0.6) is 0 Å². The van der Waals surface area contributed by atoms with Crippen molar-refractivity contribution in [3.05, 3.63) is 35.4 Å². The fourth-order valence-corrected chi connectivity index (χ4v) is 2.48. The van der Waals surface area contributed by atoms with Crippen molar-refractivity contribution in [2.24, 2.45) is 5.92 Å². The van der Waals surface area contributed by atoms with Crippen LogP contribution in [0.4, 0.5) is 13.2 Å². The average molecular weight is 361 g/mol. The monoisotopic (exact) mass is 361 g/mol. The fourth-order valence-electron chi connectivity index (χ4n) is 2.48. The minimum Gasteiger partial charge on any atom is -0.481 e. The number of nitrogens with one attached hydrogen (secondary N) is 1. The zero-order valence-corrected chi connectivity index (χ0v) is 14.3. The minimum atomic E-state index is -4.40.